The molecule has 25 heavy (non-hydrogen) atoms. The van der Waals surface area contributed by atoms with E-state index < -0.39 is 7.37 Å². The second kappa shape index (κ2) is 9.12. The fourth-order valence-corrected chi connectivity index (χ4v) is 5.15. The maximum Gasteiger partial charge on any atom is 0.198 e. The van der Waals surface area contributed by atoms with Gasteiger partial charge in [0.15, 0.2) is 13.2 Å². The molecule has 2 unspecified atom stereocenters. The van der Waals surface area contributed by atoms with Gasteiger partial charge in [0.1, 0.15) is 0 Å². The summed E-state index contributed by atoms with van der Waals surface area (Å²) in [7, 11) is -1.56. The molecule has 0 spiro atoms. The Morgan fingerprint density at radius 3 is 2.36 bits per heavy atom. The van der Waals surface area contributed by atoms with Crippen molar-refractivity contribution in [3.8, 4) is 0 Å². The van der Waals surface area contributed by atoms with Gasteiger partial charge in [-0.2, -0.15) is 0 Å². The number of methoxy groups -OCH3 is 1. The summed E-state index contributed by atoms with van der Waals surface area (Å²) in [5.74, 6) is 0.516. The van der Waals surface area contributed by atoms with Crippen molar-refractivity contribution in [3.63, 3.8) is 0 Å². The lowest BCUT2D eigenvalue weighted by Gasteiger charge is -2.23. The zero-order valence-electron chi connectivity index (χ0n) is 15.6. The normalized spacial score (nSPS) is 20.6. The summed E-state index contributed by atoms with van der Waals surface area (Å²) < 4.78 is 17.0. The molecule has 1 N–H and O–H groups in total. The van der Waals surface area contributed by atoms with Gasteiger partial charge < -0.3 is 9.63 Å². The molecule has 1 saturated carbocycles. The van der Waals surface area contributed by atoms with Crippen LogP contribution >= 0.6 is 7.37 Å². The molecule has 2 rings (SSSR count). The molecule has 0 saturated heterocycles. The highest BCUT2D eigenvalue weighted by atomic mass is 31.2. The number of carbonyl (C=O) groups excluding carboxylic acids is 1. The summed E-state index contributed by atoms with van der Waals surface area (Å²) in [6.07, 6.45) is 6.48. The van der Waals surface area contributed by atoms with E-state index in [1.807, 2.05) is 19.1 Å². The Labute approximate surface area is 151 Å². The number of hydrogen-bond acceptors (Lipinski definition) is 3. The monoisotopic (exact) mass is 366 g/mol. The Bertz CT molecular complexity index is 599. The van der Waals surface area contributed by atoms with E-state index >= 15 is 0 Å². The van der Waals surface area contributed by atoms with Gasteiger partial charge >= 0.3 is 0 Å². The molecule has 1 aromatic carbocycles. The van der Waals surface area contributed by atoms with Gasteiger partial charge in [0.25, 0.3) is 0 Å². The minimum atomic E-state index is -3.12. The fraction of sp³-hybridized carbons (Fsp3) is 0.650. The van der Waals surface area contributed by atoms with Crippen LogP contribution in [0.2, 0.25) is 0 Å². The van der Waals surface area contributed by atoms with Gasteiger partial charge in [-0.25, -0.2) is 0 Å². The maximum atomic E-state index is 12.6. The largest absolute Gasteiger partial charge is 0.381 e. The van der Waals surface area contributed by atoms with E-state index in [9.17, 15) is 14.3 Å². The van der Waals surface area contributed by atoms with E-state index in [1.165, 1.54) is 44.3 Å². The van der Waals surface area contributed by atoms with Crippen LogP contribution in [0.15, 0.2) is 24.3 Å². The van der Waals surface area contributed by atoms with Crippen LogP contribution in [-0.4, -0.2) is 36.7 Å². The van der Waals surface area contributed by atoms with E-state index in [1.54, 1.807) is 7.11 Å². The van der Waals surface area contributed by atoms with E-state index in [0.717, 1.165) is 0 Å². The maximum absolute atomic E-state index is 12.6. The summed E-state index contributed by atoms with van der Waals surface area (Å²) in [6, 6.07) is 8.01. The Kier molecular flexibility index (Phi) is 7.42. The van der Waals surface area contributed by atoms with Crippen molar-refractivity contribution < 1.29 is 19.0 Å². The molecule has 3 atom stereocenters. The zero-order chi connectivity index (χ0) is 18.4. The zero-order valence-corrected chi connectivity index (χ0v) is 16.5. The lowest BCUT2D eigenvalue weighted by Crippen LogP contribution is -2.26. The molecule has 5 heteroatoms. The Hall–Kier alpha value is -0.960. The highest BCUT2D eigenvalue weighted by Gasteiger charge is 2.26. The van der Waals surface area contributed by atoms with Gasteiger partial charge in [0.2, 0.25) is 0 Å². The van der Waals surface area contributed by atoms with Crippen molar-refractivity contribution in [2.45, 2.75) is 57.5 Å². The summed E-state index contributed by atoms with van der Waals surface area (Å²) in [6.45, 7) is 3.21. The topological polar surface area (TPSA) is 63.6 Å². The fourth-order valence-electron chi connectivity index (χ4n) is 3.85. The smallest absolute Gasteiger partial charge is 0.198 e. The molecule has 1 fully saturated rings. The highest BCUT2D eigenvalue weighted by Crippen LogP contribution is 2.39. The molecular formula is C20H31O4P. The summed E-state index contributed by atoms with van der Waals surface area (Å²) in [5, 5.41) is 0. The van der Waals surface area contributed by atoms with Crippen LogP contribution in [0.5, 0.6) is 0 Å². The van der Waals surface area contributed by atoms with E-state index in [4.69, 9.17) is 4.74 Å². The van der Waals surface area contributed by atoms with Crippen LogP contribution in [0.1, 0.15) is 67.3 Å². The van der Waals surface area contributed by atoms with Crippen LogP contribution in [0, 0.1) is 5.92 Å². The summed E-state index contributed by atoms with van der Waals surface area (Å²) >= 11 is 0. The van der Waals surface area contributed by atoms with Crippen LogP contribution in [-0.2, 0) is 9.30 Å². The molecule has 0 heterocycles. The van der Waals surface area contributed by atoms with Crippen molar-refractivity contribution >= 4 is 13.2 Å². The third-order valence-corrected chi connectivity index (χ3v) is 6.51. The Morgan fingerprint density at radius 2 is 1.84 bits per heavy atom. The van der Waals surface area contributed by atoms with Gasteiger partial charge in [0, 0.05) is 31.9 Å². The molecule has 0 amide bonds. The first-order valence-corrected chi connectivity index (χ1v) is 11.5. The number of Topliss-reactive ketones (excluding diaryl/α,β-unsaturated/α-hetero) is 1. The molecule has 1 aromatic rings. The van der Waals surface area contributed by atoms with E-state index in [2.05, 4.69) is 12.1 Å². The first-order valence-electron chi connectivity index (χ1n) is 9.25. The molecule has 0 bridgehead atoms. The quantitative estimate of drug-likeness (QED) is 0.527. The molecular weight excluding hydrogens is 335 g/mol. The number of hydrogen-bond donors (Lipinski definition) is 1. The average Bonchev–Trinajstić information content (AvgIpc) is 2.58. The highest BCUT2D eigenvalue weighted by molar-refractivity contribution is 7.57. The minimum Gasteiger partial charge on any atom is -0.381 e. The Balaban J connectivity index is 1.98. The molecule has 4 nitrogen and oxygen atoms in total. The summed E-state index contributed by atoms with van der Waals surface area (Å²) in [5.41, 5.74) is 2.03. The van der Waals surface area contributed by atoms with Crippen molar-refractivity contribution in [2.24, 2.45) is 5.92 Å². The predicted molar refractivity (Wildman–Crippen MR) is 102 cm³/mol. The van der Waals surface area contributed by atoms with E-state index in [0.29, 0.717) is 11.5 Å². The number of ether oxygens (including phenoxy) is 1. The van der Waals surface area contributed by atoms with Crippen molar-refractivity contribution in [2.75, 3.05) is 19.9 Å². The number of ketones is 1. The van der Waals surface area contributed by atoms with Gasteiger partial charge in [0.05, 0.1) is 6.10 Å². The second-order valence-electron chi connectivity index (χ2n) is 7.57. The van der Waals surface area contributed by atoms with Gasteiger partial charge in [-0.15, -0.1) is 0 Å². The lowest BCUT2D eigenvalue weighted by atomic mass is 9.83. The van der Waals surface area contributed by atoms with Crippen molar-refractivity contribution in [1.29, 1.82) is 0 Å². The molecule has 0 aliphatic heterocycles. The molecule has 0 aromatic heterocycles. The second-order valence-corrected chi connectivity index (χ2v) is 10.0. The third kappa shape index (κ3) is 6.36. The van der Waals surface area contributed by atoms with Gasteiger partial charge in [-0.3, -0.25) is 9.36 Å². The SMILES string of the molecule is COC(CC(=O)c1ccc(C2CCCCC2)cc1)[C@H](C)CP(C)(=O)O. The van der Waals surface area contributed by atoms with E-state index in [-0.39, 0.29) is 30.4 Å². The molecule has 1 aliphatic carbocycles. The molecule has 1 aliphatic rings. The number of carbonyl (C=O) groups is 1. The van der Waals surface area contributed by atoms with Crippen molar-refractivity contribution in [1.82, 2.24) is 0 Å². The predicted octanol–water partition coefficient (Wildman–Crippen LogP) is 4.86. The standard InChI is InChI=1S/C20H31O4P/c1-15(14-25(3,22)23)20(24-2)13-19(21)18-11-9-17(10-12-18)16-7-5-4-6-8-16/h9-12,15-16,20H,4-8,13-14H2,1-3H3,(H,22,23)/t15-,20?/m1/s1. The average molecular weight is 366 g/mol. The van der Waals surface area contributed by atoms with Gasteiger partial charge in [-0.05, 0) is 30.2 Å². The number of benzene rings is 1. The van der Waals surface area contributed by atoms with Crippen LogP contribution in [0.25, 0.3) is 0 Å². The van der Waals surface area contributed by atoms with Crippen molar-refractivity contribution in [3.05, 3.63) is 35.4 Å². The minimum absolute atomic E-state index is 0.0257. The van der Waals surface area contributed by atoms with Gasteiger partial charge in [-0.1, -0.05) is 50.5 Å². The van der Waals surface area contributed by atoms with Crippen LogP contribution in [0.4, 0.5) is 0 Å². The third-order valence-electron chi connectivity index (χ3n) is 5.26. The first kappa shape index (κ1) is 20.4. The first-order chi connectivity index (χ1) is 11.8. The number of rotatable bonds is 8. The summed E-state index contributed by atoms with van der Waals surface area (Å²) in [4.78, 5) is 22.1. The molecule has 0 radical (unpaired) electrons. The van der Waals surface area contributed by atoms with Crippen LogP contribution in [0.3, 0.4) is 0 Å². The Morgan fingerprint density at radius 1 is 1.24 bits per heavy atom. The lowest BCUT2D eigenvalue weighted by molar-refractivity contribution is 0.0518. The van der Waals surface area contributed by atoms with Crippen LogP contribution < -0.4 is 0 Å². The molecule has 140 valence electrons.